The van der Waals surface area contributed by atoms with E-state index in [0.717, 1.165) is 34.3 Å². The molecule has 1 unspecified atom stereocenters. The molecule has 29 heavy (non-hydrogen) atoms. The summed E-state index contributed by atoms with van der Waals surface area (Å²) in [5.74, 6) is 0.725. The Morgan fingerprint density at radius 2 is 1.86 bits per heavy atom. The molecule has 5 heteroatoms. The highest BCUT2D eigenvalue weighted by Crippen LogP contribution is 2.26. The van der Waals surface area contributed by atoms with Crippen molar-refractivity contribution in [1.29, 1.82) is 0 Å². The van der Waals surface area contributed by atoms with Crippen molar-refractivity contribution >= 4 is 21.8 Å². The lowest BCUT2D eigenvalue weighted by Crippen LogP contribution is -2.30. The molecule has 0 saturated carbocycles. The molecule has 0 amide bonds. The fourth-order valence-corrected chi connectivity index (χ4v) is 3.73. The van der Waals surface area contributed by atoms with Gasteiger partial charge in [0.1, 0.15) is 12.4 Å². The van der Waals surface area contributed by atoms with Crippen molar-refractivity contribution in [2.24, 2.45) is 5.73 Å². The number of H-pyrrole nitrogens is 2. The topological polar surface area (TPSA) is 79.7 Å². The zero-order chi connectivity index (χ0) is 19.6. The number of nitrogens with one attached hydrogen (secondary N) is 2. The average Bonchev–Trinajstić information content (AvgIpc) is 3.39. The van der Waals surface area contributed by atoms with Crippen molar-refractivity contribution < 1.29 is 4.74 Å². The first-order valence-corrected chi connectivity index (χ1v) is 9.72. The van der Waals surface area contributed by atoms with Crippen molar-refractivity contribution in [1.82, 2.24) is 15.0 Å². The molecule has 144 valence electrons. The highest BCUT2D eigenvalue weighted by molar-refractivity contribution is 5.85. The number of nitrogens with two attached hydrogens (primary N) is 1. The van der Waals surface area contributed by atoms with Gasteiger partial charge < -0.3 is 20.4 Å². The van der Waals surface area contributed by atoms with E-state index in [9.17, 15) is 0 Å². The van der Waals surface area contributed by atoms with Crippen LogP contribution in [-0.2, 0) is 6.42 Å². The Balaban J connectivity index is 1.27. The summed E-state index contributed by atoms with van der Waals surface area (Å²) in [4.78, 5) is 10.9. The second-order valence-electron chi connectivity index (χ2n) is 7.32. The molecule has 0 spiro atoms. The molecule has 0 aliphatic rings. The third-order valence-corrected chi connectivity index (χ3v) is 5.22. The molecule has 5 aromatic rings. The zero-order valence-electron chi connectivity index (χ0n) is 15.9. The summed E-state index contributed by atoms with van der Waals surface area (Å²) in [6, 6.07) is 18.5. The monoisotopic (exact) mass is 382 g/mol. The number of hydrogen-bond acceptors (Lipinski definition) is 3. The van der Waals surface area contributed by atoms with Crippen molar-refractivity contribution in [3.63, 3.8) is 0 Å². The third kappa shape index (κ3) is 3.60. The lowest BCUT2D eigenvalue weighted by molar-refractivity contribution is 0.287. The molecular weight excluding hydrogens is 360 g/mol. The van der Waals surface area contributed by atoms with E-state index in [0.29, 0.717) is 6.61 Å². The Morgan fingerprint density at radius 3 is 2.83 bits per heavy atom. The van der Waals surface area contributed by atoms with Crippen molar-refractivity contribution in [2.75, 3.05) is 6.61 Å². The molecule has 0 fully saturated rings. The lowest BCUT2D eigenvalue weighted by atomic mass is 10.1. The van der Waals surface area contributed by atoms with Gasteiger partial charge in [-0.1, -0.05) is 30.3 Å². The highest BCUT2D eigenvalue weighted by atomic mass is 16.5. The van der Waals surface area contributed by atoms with Crippen LogP contribution < -0.4 is 10.5 Å². The van der Waals surface area contributed by atoms with Gasteiger partial charge in [-0.15, -0.1) is 0 Å². The Morgan fingerprint density at radius 1 is 0.931 bits per heavy atom. The van der Waals surface area contributed by atoms with Crippen LogP contribution in [-0.4, -0.2) is 27.6 Å². The molecule has 0 bridgehead atoms. The van der Waals surface area contributed by atoms with E-state index in [4.69, 9.17) is 10.5 Å². The van der Waals surface area contributed by atoms with Crippen LogP contribution in [0.3, 0.4) is 0 Å². The predicted molar refractivity (Wildman–Crippen MR) is 117 cm³/mol. The number of benzene rings is 2. The van der Waals surface area contributed by atoms with E-state index in [1.54, 1.807) is 6.20 Å². The quantitative estimate of drug-likeness (QED) is 0.400. The number of para-hydroxylation sites is 1. The minimum atomic E-state index is -0.104. The predicted octanol–water partition coefficient (Wildman–Crippen LogP) is 4.66. The van der Waals surface area contributed by atoms with Gasteiger partial charge in [-0.25, -0.2) is 0 Å². The molecule has 3 heterocycles. The molecule has 5 nitrogen and oxygen atoms in total. The summed E-state index contributed by atoms with van der Waals surface area (Å²) in [6.45, 7) is 0.431. The Kier molecular flexibility index (Phi) is 4.50. The van der Waals surface area contributed by atoms with Gasteiger partial charge in [0.15, 0.2) is 0 Å². The van der Waals surface area contributed by atoms with Crippen LogP contribution in [0.15, 0.2) is 79.4 Å². The summed E-state index contributed by atoms with van der Waals surface area (Å²) in [5.41, 5.74) is 11.9. The molecule has 3 aromatic heterocycles. The van der Waals surface area contributed by atoms with Gasteiger partial charge in [0.25, 0.3) is 0 Å². The average molecular weight is 382 g/mol. The largest absolute Gasteiger partial charge is 0.490 e. The number of rotatable bonds is 6. The fraction of sp³-hybridized carbons (Fsp3) is 0.125. The van der Waals surface area contributed by atoms with E-state index in [1.165, 1.54) is 16.3 Å². The van der Waals surface area contributed by atoms with Crippen molar-refractivity contribution in [2.45, 2.75) is 12.5 Å². The van der Waals surface area contributed by atoms with Crippen molar-refractivity contribution in [3.8, 4) is 16.9 Å². The number of fused-ring (bicyclic) bond motifs is 2. The first-order chi connectivity index (χ1) is 14.3. The maximum Gasteiger partial charge on any atom is 0.138 e. The summed E-state index contributed by atoms with van der Waals surface area (Å²) >= 11 is 0. The summed E-state index contributed by atoms with van der Waals surface area (Å²) in [7, 11) is 0. The van der Waals surface area contributed by atoms with E-state index >= 15 is 0 Å². The number of ether oxygens (including phenoxy) is 1. The smallest absolute Gasteiger partial charge is 0.138 e. The van der Waals surface area contributed by atoms with Gasteiger partial charge >= 0.3 is 0 Å². The normalized spacial score (nSPS) is 12.4. The van der Waals surface area contributed by atoms with Crippen LogP contribution in [0.5, 0.6) is 5.75 Å². The summed E-state index contributed by atoms with van der Waals surface area (Å²) in [6.07, 6.45) is 8.31. The number of nitrogens with zero attached hydrogens (tertiary/aromatic N) is 1. The van der Waals surface area contributed by atoms with E-state index < -0.39 is 0 Å². The zero-order valence-corrected chi connectivity index (χ0v) is 15.9. The molecule has 0 radical (unpaired) electrons. The maximum absolute atomic E-state index is 6.34. The number of aromatic amines is 2. The van der Waals surface area contributed by atoms with Gasteiger partial charge in [0.2, 0.25) is 0 Å². The molecule has 0 aliphatic heterocycles. The van der Waals surface area contributed by atoms with Crippen LogP contribution in [0.25, 0.3) is 32.9 Å². The van der Waals surface area contributed by atoms with Gasteiger partial charge in [0.05, 0.1) is 6.20 Å². The Labute approximate surface area is 168 Å². The van der Waals surface area contributed by atoms with Crippen LogP contribution >= 0.6 is 0 Å². The van der Waals surface area contributed by atoms with Gasteiger partial charge in [0, 0.05) is 46.6 Å². The highest BCUT2D eigenvalue weighted by Gasteiger charge is 2.10. The van der Waals surface area contributed by atoms with Crippen LogP contribution in [0, 0.1) is 0 Å². The minimum absolute atomic E-state index is 0.104. The maximum atomic E-state index is 6.34. The molecule has 2 aromatic carbocycles. The SMILES string of the molecule is NC(COc1cncc(-c2ccc3cc[nH]c3c2)c1)Cc1c[nH]c2ccccc12. The third-order valence-electron chi connectivity index (χ3n) is 5.22. The molecule has 0 aliphatic carbocycles. The molecule has 4 N–H and O–H groups in total. The first kappa shape index (κ1) is 17.5. The second-order valence-corrected chi connectivity index (χ2v) is 7.32. The molecule has 5 rings (SSSR count). The Bertz CT molecular complexity index is 1270. The lowest BCUT2D eigenvalue weighted by Gasteiger charge is -2.13. The number of aromatic nitrogens is 3. The molecular formula is C24H22N4O. The summed E-state index contributed by atoms with van der Waals surface area (Å²) < 4.78 is 5.96. The van der Waals surface area contributed by atoms with E-state index in [-0.39, 0.29) is 6.04 Å². The molecule has 0 saturated heterocycles. The number of pyridine rings is 1. The number of hydrogen-bond donors (Lipinski definition) is 3. The summed E-state index contributed by atoms with van der Waals surface area (Å²) in [5, 5.41) is 2.41. The van der Waals surface area contributed by atoms with Gasteiger partial charge in [-0.3, -0.25) is 4.98 Å². The van der Waals surface area contributed by atoms with E-state index in [1.807, 2.05) is 36.8 Å². The van der Waals surface area contributed by atoms with E-state index in [2.05, 4.69) is 51.4 Å². The standard InChI is InChI=1S/C24H22N4O/c25-20(9-19-13-28-23-4-2-1-3-22(19)23)15-29-21-10-18(12-26-14-21)17-6-5-16-7-8-27-24(16)11-17/h1-8,10-14,20,27-28H,9,15,25H2. The van der Waals surface area contributed by atoms with Crippen molar-refractivity contribution in [3.05, 3.63) is 84.9 Å². The van der Waals surface area contributed by atoms with Crippen LogP contribution in [0.4, 0.5) is 0 Å². The second kappa shape index (κ2) is 7.45. The van der Waals surface area contributed by atoms with Gasteiger partial charge in [-0.05, 0) is 47.2 Å². The Hall–Kier alpha value is -3.57. The minimum Gasteiger partial charge on any atom is -0.490 e. The fourth-order valence-electron chi connectivity index (χ4n) is 3.73. The van der Waals surface area contributed by atoms with Gasteiger partial charge in [-0.2, -0.15) is 0 Å². The first-order valence-electron chi connectivity index (χ1n) is 9.72. The molecule has 1 atom stereocenters. The van der Waals surface area contributed by atoms with Crippen LogP contribution in [0.2, 0.25) is 0 Å². The van der Waals surface area contributed by atoms with Crippen LogP contribution in [0.1, 0.15) is 5.56 Å².